The van der Waals surface area contributed by atoms with Crippen LogP contribution in [0.15, 0.2) is 66.4 Å². The van der Waals surface area contributed by atoms with Gasteiger partial charge in [-0.15, -0.1) is 0 Å². The minimum Gasteiger partial charge on any atom is -0.478 e. The van der Waals surface area contributed by atoms with Crippen molar-refractivity contribution in [1.82, 2.24) is 9.97 Å². The molecule has 128 valence electrons. The Hall–Kier alpha value is -3.08. The van der Waals surface area contributed by atoms with E-state index in [-0.39, 0.29) is 12.2 Å². The lowest BCUT2D eigenvalue weighted by atomic mass is 10.1. The Morgan fingerprint density at radius 1 is 1.20 bits per heavy atom. The van der Waals surface area contributed by atoms with Gasteiger partial charge in [0.05, 0.1) is 5.69 Å². The molecule has 0 atom stereocenters. The first kappa shape index (κ1) is 18.3. The van der Waals surface area contributed by atoms with Crippen molar-refractivity contribution in [1.29, 1.82) is 0 Å². The molecule has 0 saturated heterocycles. The maximum absolute atomic E-state index is 13.9. The summed E-state index contributed by atoms with van der Waals surface area (Å²) in [6.45, 7) is 4.00. The van der Waals surface area contributed by atoms with Gasteiger partial charge in [-0.3, -0.25) is 0 Å². The average Bonchev–Trinajstić information content (AvgIpc) is 2.90. The Labute approximate surface area is 146 Å². The van der Waals surface area contributed by atoms with Crippen molar-refractivity contribution in [3.8, 4) is 11.3 Å². The zero-order chi connectivity index (χ0) is 18.2. The highest BCUT2D eigenvalue weighted by Gasteiger charge is 2.11. The van der Waals surface area contributed by atoms with Gasteiger partial charge in [-0.2, -0.15) is 0 Å². The molecule has 0 unspecified atom stereocenters. The van der Waals surface area contributed by atoms with E-state index in [9.17, 15) is 9.18 Å². The normalized spacial score (nSPS) is 13.1. The molecule has 5 heteroatoms. The van der Waals surface area contributed by atoms with E-state index in [1.165, 1.54) is 6.07 Å². The van der Waals surface area contributed by atoms with Crippen molar-refractivity contribution in [3.05, 3.63) is 78.0 Å². The van der Waals surface area contributed by atoms with Crippen molar-refractivity contribution < 1.29 is 14.3 Å². The maximum atomic E-state index is 13.9. The van der Waals surface area contributed by atoms with Crippen LogP contribution in [0.25, 0.3) is 16.8 Å². The molecule has 0 radical (unpaired) electrons. The second-order valence-corrected chi connectivity index (χ2v) is 4.97. The first-order valence-corrected chi connectivity index (χ1v) is 8.04. The molecule has 0 aliphatic heterocycles. The van der Waals surface area contributed by atoms with Gasteiger partial charge in [0, 0.05) is 22.9 Å². The van der Waals surface area contributed by atoms with E-state index in [0.29, 0.717) is 28.2 Å². The third-order valence-electron chi connectivity index (χ3n) is 3.45. The molecule has 1 aromatic heterocycles. The summed E-state index contributed by atoms with van der Waals surface area (Å²) in [5, 5.41) is 9.04. The molecule has 0 saturated carbocycles. The fourth-order valence-electron chi connectivity index (χ4n) is 2.27. The number of carboxylic acid groups (broad SMARTS) is 1. The Morgan fingerprint density at radius 3 is 2.68 bits per heavy atom. The van der Waals surface area contributed by atoms with Gasteiger partial charge in [-0.25, -0.2) is 19.2 Å². The molecule has 1 aromatic carbocycles. The third kappa shape index (κ3) is 4.47. The summed E-state index contributed by atoms with van der Waals surface area (Å²) in [5.41, 5.74) is 1.88. The zero-order valence-corrected chi connectivity index (χ0v) is 14.1. The zero-order valence-electron chi connectivity index (χ0n) is 14.1. The Balaban J connectivity index is 0.00000109. The van der Waals surface area contributed by atoms with Crippen LogP contribution >= 0.6 is 0 Å². The molecule has 3 rings (SSSR count). The van der Waals surface area contributed by atoms with Gasteiger partial charge < -0.3 is 5.11 Å². The summed E-state index contributed by atoms with van der Waals surface area (Å²) in [4.78, 5) is 19.6. The fraction of sp³-hybridized carbons (Fsp3) is 0.150. The Kier molecular flexibility index (Phi) is 6.34. The SMILES string of the molecule is CC.O=C(O)C1=CC=CC(c2nccc(-c3ccccc3F)n2)=CC1. The van der Waals surface area contributed by atoms with Crippen LogP contribution in [0, 0.1) is 5.82 Å². The molecule has 25 heavy (non-hydrogen) atoms. The summed E-state index contributed by atoms with van der Waals surface area (Å²) in [6, 6.07) is 8.04. The molecule has 0 fully saturated rings. The van der Waals surface area contributed by atoms with E-state index < -0.39 is 5.97 Å². The molecule has 4 nitrogen and oxygen atoms in total. The lowest BCUT2D eigenvalue weighted by Crippen LogP contribution is -1.99. The fourth-order valence-corrected chi connectivity index (χ4v) is 2.27. The second kappa shape index (κ2) is 8.68. The van der Waals surface area contributed by atoms with Crippen LogP contribution in [-0.4, -0.2) is 21.0 Å². The molecule has 2 aromatic rings. The molecule has 1 aliphatic carbocycles. The van der Waals surface area contributed by atoms with E-state index in [2.05, 4.69) is 9.97 Å². The van der Waals surface area contributed by atoms with Crippen molar-refractivity contribution in [2.24, 2.45) is 0 Å². The van der Waals surface area contributed by atoms with Crippen LogP contribution in [0.2, 0.25) is 0 Å². The standard InChI is InChI=1S/C18H13FN2O2.C2H6/c19-15-7-2-1-6-14(15)16-10-11-20-17(21-16)12-4-3-5-13(9-8-12)18(22)23;1-2/h1-8,10-11H,9H2,(H,22,23);1-2H3. The van der Waals surface area contributed by atoms with E-state index in [1.807, 2.05) is 13.8 Å². The summed E-state index contributed by atoms with van der Waals surface area (Å²) in [6.07, 6.45) is 8.55. The summed E-state index contributed by atoms with van der Waals surface area (Å²) in [7, 11) is 0. The number of carbonyl (C=O) groups is 1. The van der Waals surface area contributed by atoms with Gasteiger partial charge in [0.15, 0.2) is 5.82 Å². The van der Waals surface area contributed by atoms with Gasteiger partial charge in [-0.1, -0.05) is 50.3 Å². The van der Waals surface area contributed by atoms with Crippen molar-refractivity contribution in [2.75, 3.05) is 0 Å². The summed E-state index contributed by atoms with van der Waals surface area (Å²) in [5.74, 6) is -0.868. The van der Waals surface area contributed by atoms with Crippen LogP contribution in [0.5, 0.6) is 0 Å². The molecule has 0 spiro atoms. The van der Waals surface area contributed by atoms with Crippen LogP contribution in [0.4, 0.5) is 4.39 Å². The minimum atomic E-state index is -0.951. The number of halogens is 1. The molecule has 0 bridgehead atoms. The molecule has 0 amide bonds. The van der Waals surface area contributed by atoms with Crippen LogP contribution in [0.1, 0.15) is 26.1 Å². The lowest BCUT2D eigenvalue weighted by Gasteiger charge is -2.05. The predicted octanol–water partition coefficient (Wildman–Crippen LogP) is 4.66. The molecular formula is C20H19FN2O2. The predicted molar refractivity (Wildman–Crippen MR) is 96.2 cm³/mol. The molecule has 1 N–H and O–H groups in total. The number of benzene rings is 1. The maximum Gasteiger partial charge on any atom is 0.331 e. The van der Waals surface area contributed by atoms with Crippen molar-refractivity contribution in [3.63, 3.8) is 0 Å². The topological polar surface area (TPSA) is 63.1 Å². The van der Waals surface area contributed by atoms with Gasteiger partial charge >= 0.3 is 5.97 Å². The molecular weight excluding hydrogens is 319 g/mol. The van der Waals surface area contributed by atoms with Gasteiger partial charge in [-0.05, 0) is 24.6 Å². The number of carboxylic acids is 1. The number of hydrogen-bond acceptors (Lipinski definition) is 3. The second-order valence-electron chi connectivity index (χ2n) is 4.97. The number of rotatable bonds is 3. The Morgan fingerprint density at radius 2 is 1.96 bits per heavy atom. The van der Waals surface area contributed by atoms with E-state index in [1.54, 1.807) is 54.8 Å². The van der Waals surface area contributed by atoms with Crippen LogP contribution in [-0.2, 0) is 4.79 Å². The minimum absolute atomic E-state index is 0.283. The smallest absolute Gasteiger partial charge is 0.331 e. The van der Waals surface area contributed by atoms with Crippen LogP contribution in [0.3, 0.4) is 0 Å². The first-order chi connectivity index (χ1) is 12.1. The number of aliphatic carboxylic acids is 1. The van der Waals surface area contributed by atoms with E-state index >= 15 is 0 Å². The van der Waals surface area contributed by atoms with Gasteiger partial charge in [0.1, 0.15) is 5.82 Å². The average molecular weight is 338 g/mol. The third-order valence-corrected chi connectivity index (χ3v) is 3.45. The molecule has 1 heterocycles. The number of hydrogen-bond donors (Lipinski definition) is 1. The van der Waals surface area contributed by atoms with Crippen LogP contribution < -0.4 is 0 Å². The Bertz CT molecular complexity index is 854. The lowest BCUT2D eigenvalue weighted by molar-refractivity contribution is -0.132. The first-order valence-electron chi connectivity index (χ1n) is 8.04. The monoisotopic (exact) mass is 338 g/mol. The van der Waals surface area contributed by atoms with Gasteiger partial charge in [0.25, 0.3) is 0 Å². The van der Waals surface area contributed by atoms with Gasteiger partial charge in [0.2, 0.25) is 0 Å². The highest BCUT2D eigenvalue weighted by Crippen LogP contribution is 2.23. The van der Waals surface area contributed by atoms with Crippen molar-refractivity contribution >= 4 is 11.5 Å². The number of aromatic nitrogens is 2. The summed E-state index contributed by atoms with van der Waals surface area (Å²) < 4.78 is 13.9. The highest BCUT2D eigenvalue weighted by molar-refractivity contribution is 5.88. The molecule has 1 aliphatic rings. The highest BCUT2D eigenvalue weighted by atomic mass is 19.1. The number of allylic oxidation sites excluding steroid dienone is 5. The quantitative estimate of drug-likeness (QED) is 0.884. The van der Waals surface area contributed by atoms with Crippen molar-refractivity contribution in [2.45, 2.75) is 20.3 Å². The van der Waals surface area contributed by atoms with E-state index in [4.69, 9.17) is 5.11 Å². The summed E-state index contributed by atoms with van der Waals surface area (Å²) >= 11 is 0. The number of nitrogens with zero attached hydrogens (tertiary/aromatic N) is 2. The largest absolute Gasteiger partial charge is 0.478 e. The van der Waals surface area contributed by atoms with E-state index in [0.717, 1.165) is 0 Å².